The van der Waals surface area contributed by atoms with Crippen molar-refractivity contribution in [2.45, 2.75) is 13.0 Å². The molecular formula is C13H10Cl2FN3O2. The highest BCUT2D eigenvalue weighted by Gasteiger charge is 2.20. The molecule has 0 spiro atoms. The third kappa shape index (κ3) is 3.22. The lowest BCUT2D eigenvalue weighted by molar-refractivity contribution is -0.119. The molecule has 2 rings (SSSR count). The van der Waals surface area contributed by atoms with Crippen molar-refractivity contribution in [3.05, 3.63) is 56.7 Å². The molecule has 1 amide bonds. The zero-order valence-electron chi connectivity index (χ0n) is 10.8. The number of carbonyl (C=O) groups excluding carboxylic acids is 1. The van der Waals surface area contributed by atoms with Gasteiger partial charge in [-0.2, -0.15) is 5.10 Å². The highest BCUT2D eigenvalue weighted by atomic mass is 35.5. The molecule has 0 saturated heterocycles. The van der Waals surface area contributed by atoms with Gasteiger partial charge in [-0.15, -0.1) is 0 Å². The van der Waals surface area contributed by atoms with Crippen molar-refractivity contribution in [1.82, 2.24) is 9.78 Å². The van der Waals surface area contributed by atoms with Gasteiger partial charge in [0.05, 0.1) is 16.9 Å². The number of halogens is 3. The van der Waals surface area contributed by atoms with Gasteiger partial charge in [0.1, 0.15) is 16.9 Å². The number of carbonyl (C=O) groups is 1. The second-order valence-electron chi connectivity index (χ2n) is 4.20. The smallest absolute Gasteiger partial charge is 0.287 e. The molecule has 110 valence electrons. The third-order valence-electron chi connectivity index (χ3n) is 2.78. The maximum absolute atomic E-state index is 13.5. The number of benzene rings is 1. The van der Waals surface area contributed by atoms with Gasteiger partial charge in [0.15, 0.2) is 0 Å². The number of nitrogens with one attached hydrogen (secondary N) is 1. The van der Waals surface area contributed by atoms with E-state index in [0.717, 1.165) is 10.9 Å². The van der Waals surface area contributed by atoms with E-state index in [4.69, 9.17) is 23.2 Å². The minimum absolute atomic E-state index is 0.000344. The Bertz CT molecular complexity index is 748. The molecule has 1 atom stereocenters. The fourth-order valence-corrected chi connectivity index (χ4v) is 1.87. The zero-order chi connectivity index (χ0) is 15.6. The summed E-state index contributed by atoms with van der Waals surface area (Å²) in [6.45, 7) is 1.44. The van der Waals surface area contributed by atoms with Gasteiger partial charge in [-0.1, -0.05) is 35.3 Å². The van der Waals surface area contributed by atoms with E-state index in [1.165, 1.54) is 25.1 Å². The van der Waals surface area contributed by atoms with Crippen LogP contribution in [0.3, 0.4) is 0 Å². The van der Waals surface area contributed by atoms with Crippen LogP contribution in [0.5, 0.6) is 0 Å². The topological polar surface area (TPSA) is 64.0 Å². The Morgan fingerprint density at radius 2 is 2.05 bits per heavy atom. The number of aromatic nitrogens is 2. The molecule has 8 heteroatoms. The normalized spacial score (nSPS) is 12.0. The van der Waals surface area contributed by atoms with Crippen LogP contribution in [0.4, 0.5) is 10.1 Å². The van der Waals surface area contributed by atoms with E-state index in [-0.39, 0.29) is 15.7 Å². The molecule has 0 aliphatic rings. The summed E-state index contributed by atoms with van der Waals surface area (Å²) in [6.07, 6.45) is 1.16. The van der Waals surface area contributed by atoms with Gasteiger partial charge in [0.25, 0.3) is 5.56 Å². The van der Waals surface area contributed by atoms with Crippen molar-refractivity contribution >= 4 is 34.8 Å². The molecule has 5 nitrogen and oxygen atoms in total. The van der Waals surface area contributed by atoms with Crippen molar-refractivity contribution in [2.24, 2.45) is 0 Å². The van der Waals surface area contributed by atoms with Crippen molar-refractivity contribution in [1.29, 1.82) is 0 Å². The maximum Gasteiger partial charge on any atom is 0.287 e. The van der Waals surface area contributed by atoms with Crippen molar-refractivity contribution in [2.75, 3.05) is 5.32 Å². The van der Waals surface area contributed by atoms with Crippen LogP contribution in [0.1, 0.15) is 13.0 Å². The summed E-state index contributed by atoms with van der Waals surface area (Å²) in [7, 11) is 0. The first-order valence-electron chi connectivity index (χ1n) is 5.90. The first kappa shape index (κ1) is 15.5. The van der Waals surface area contributed by atoms with Crippen molar-refractivity contribution in [3.63, 3.8) is 0 Å². The van der Waals surface area contributed by atoms with Crippen LogP contribution in [0.25, 0.3) is 0 Å². The number of amides is 1. The predicted octanol–water partition coefficient (Wildman–Crippen LogP) is 2.89. The van der Waals surface area contributed by atoms with Crippen LogP contribution in [-0.2, 0) is 4.79 Å². The van der Waals surface area contributed by atoms with Gasteiger partial charge in [-0.25, -0.2) is 9.07 Å². The Balaban J connectivity index is 2.27. The molecule has 0 saturated carbocycles. The average molecular weight is 330 g/mol. The summed E-state index contributed by atoms with van der Waals surface area (Å²) in [4.78, 5) is 23.9. The number of hydrogen-bond donors (Lipinski definition) is 1. The van der Waals surface area contributed by atoms with Crippen LogP contribution in [0.2, 0.25) is 10.0 Å². The molecule has 0 unspecified atom stereocenters. The van der Waals surface area contributed by atoms with Gasteiger partial charge < -0.3 is 5.32 Å². The molecule has 1 aromatic heterocycles. The summed E-state index contributed by atoms with van der Waals surface area (Å²) in [5.74, 6) is -1.18. The summed E-state index contributed by atoms with van der Waals surface area (Å²) < 4.78 is 14.4. The van der Waals surface area contributed by atoms with E-state index in [9.17, 15) is 14.0 Å². The Kier molecular flexibility index (Phi) is 4.59. The predicted molar refractivity (Wildman–Crippen MR) is 78.3 cm³/mol. The molecule has 0 bridgehead atoms. The Morgan fingerprint density at radius 3 is 2.71 bits per heavy atom. The van der Waals surface area contributed by atoms with Crippen LogP contribution in [-0.4, -0.2) is 15.7 Å². The van der Waals surface area contributed by atoms with Crippen LogP contribution in [0.15, 0.2) is 35.3 Å². The lowest BCUT2D eigenvalue weighted by Gasteiger charge is -2.14. The van der Waals surface area contributed by atoms with Crippen LogP contribution >= 0.6 is 23.2 Å². The van der Waals surface area contributed by atoms with Gasteiger partial charge in [0.2, 0.25) is 5.91 Å². The molecule has 21 heavy (non-hydrogen) atoms. The Labute approximate surface area is 129 Å². The quantitative estimate of drug-likeness (QED) is 0.941. The van der Waals surface area contributed by atoms with Crippen molar-refractivity contribution < 1.29 is 9.18 Å². The van der Waals surface area contributed by atoms with Gasteiger partial charge in [-0.3, -0.25) is 9.59 Å². The summed E-state index contributed by atoms with van der Waals surface area (Å²) in [6, 6.07) is 4.72. The molecule has 0 aliphatic carbocycles. The molecule has 0 aliphatic heterocycles. The third-order valence-corrected chi connectivity index (χ3v) is 3.53. The molecular weight excluding hydrogens is 320 g/mol. The van der Waals surface area contributed by atoms with Gasteiger partial charge in [-0.05, 0) is 19.1 Å². The number of nitrogens with zero attached hydrogens (tertiary/aromatic N) is 2. The number of para-hydroxylation sites is 1. The van der Waals surface area contributed by atoms with E-state index < -0.39 is 23.3 Å². The van der Waals surface area contributed by atoms with Gasteiger partial charge in [0, 0.05) is 0 Å². The number of anilines is 1. The largest absolute Gasteiger partial charge is 0.322 e. The molecule has 1 N–H and O–H groups in total. The van der Waals surface area contributed by atoms with E-state index >= 15 is 0 Å². The molecule has 2 aromatic rings. The maximum atomic E-state index is 13.5. The monoisotopic (exact) mass is 329 g/mol. The second-order valence-corrected chi connectivity index (χ2v) is 4.99. The standard InChI is InChI=1S/C13H10Cl2FN3O2/c1-7(19-13(21)11(15)8(14)6-17-19)12(20)18-10-5-3-2-4-9(10)16/h2-7H,1H3,(H,18,20)/t7-/m1/s1. The zero-order valence-corrected chi connectivity index (χ0v) is 12.3. The van der Waals surface area contributed by atoms with Crippen molar-refractivity contribution in [3.8, 4) is 0 Å². The highest BCUT2D eigenvalue weighted by molar-refractivity contribution is 6.41. The average Bonchev–Trinajstić information content (AvgIpc) is 2.46. The Morgan fingerprint density at radius 1 is 1.38 bits per heavy atom. The SMILES string of the molecule is C[C@H](C(=O)Nc1ccccc1F)n1ncc(Cl)c(Cl)c1=O. The summed E-state index contributed by atoms with van der Waals surface area (Å²) in [5.41, 5.74) is -0.678. The summed E-state index contributed by atoms with van der Waals surface area (Å²) >= 11 is 11.4. The molecule has 1 aromatic carbocycles. The summed E-state index contributed by atoms with van der Waals surface area (Å²) in [5, 5.41) is 5.91. The van der Waals surface area contributed by atoms with Gasteiger partial charge >= 0.3 is 0 Å². The molecule has 0 fully saturated rings. The lowest BCUT2D eigenvalue weighted by atomic mass is 10.2. The first-order chi connectivity index (χ1) is 9.91. The minimum Gasteiger partial charge on any atom is -0.322 e. The van der Waals surface area contributed by atoms with E-state index in [1.54, 1.807) is 6.07 Å². The van der Waals surface area contributed by atoms with Crippen LogP contribution < -0.4 is 10.9 Å². The fraction of sp³-hybridized carbons (Fsp3) is 0.154. The molecule has 1 heterocycles. The minimum atomic E-state index is -0.980. The first-order valence-corrected chi connectivity index (χ1v) is 6.65. The molecule has 0 radical (unpaired) electrons. The fourth-order valence-electron chi connectivity index (χ4n) is 1.61. The highest BCUT2D eigenvalue weighted by Crippen LogP contribution is 2.17. The number of rotatable bonds is 3. The van der Waals surface area contributed by atoms with E-state index in [2.05, 4.69) is 10.4 Å². The number of hydrogen-bond acceptors (Lipinski definition) is 3. The van der Waals surface area contributed by atoms with E-state index in [1.807, 2.05) is 0 Å². The second kappa shape index (κ2) is 6.24. The Hall–Kier alpha value is -1.92. The van der Waals surface area contributed by atoms with E-state index in [0.29, 0.717) is 0 Å². The lowest BCUT2D eigenvalue weighted by Crippen LogP contribution is -2.33. The van der Waals surface area contributed by atoms with Crippen LogP contribution in [0, 0.1) is 5.82 Å².